The fourth-order valence-corrected chi connectivity index (χ4v) is 12.4. The van der Waals surface area contributed by atoms with Crippen LogP contribution in [0.25, 0.3) is 66.1 Å². The van der Waals surface area contributed by atoms with E-state index in [1.807, 2.05) is 0 Å². The second kappa shape index (κ2) is 14.3. The van der Waals surface area contributed by atoms with Gasteiger partial charge in [0.25, 0.3) is 0 Å². The molecule has 0 bridgehead atoms. The van der Waals surface area contributed by atoms with Gasteiger partial charge in [-0.25, -0.2) is 0 Å². The van der Waals surface area contributed by atoms with Crippen LogP contribution in [0.2, 0.25) is 0 Å². The maximum Gasteiger partial charge on any atom is 0.0726 e. The molecule has 316 valence electrons. The van der Waals surface area contributed by atoms with E-state index in [1.165, 1.54) is 112 Å². The Balaban J connectivity index is 1.14. The first-order valence-electron chi connectivity index (χ1n) is 23.7. The van der Waals surface area contributed by atoms with E-state index in [0.717, 1.165) is 17.8 Å². The van der Waals surface area contributed by atoms with Crippen molar-refractivity contribution in [1.82, 2.24) is 0 Å². The number of benzene rings is 10. The van der Waals surface area contributed by atoms with E-state index >= 15 is 0 Å². The number of anilines is 3. The Morgan fingerprint density at radius 1 is 0.318 bits per heavy atom. The van der Waals surface area contributed by atoms with E-state index in [0.29, 0.717) is 0 Å². The highest BCUT2D eigenvalue weighted by Crippen LogP contribution is 2.64. The molecular weight excluding hydrogens is 795 g/mol. The molecule has 0 unspecified atom stereocenters. The van der Waals surface area contributed by atoms with Crippen molar-refractivity contribution in [2.75, 3.05) is 4.90 Å². The van der Waals surface area contributed by atoms with Crippen molar-refractivity contribution in [3.05, 3.63) is 246 Å². The summed E-state index contributed by atoms with van der Waals surface area (Å²) in [4.78, 5) is 2.57. The first kappa shape index (κ1) is 38.9. The second-order valence-electron chi connectivity index (χ2n) is 20.2. The van der Waals surface area contributed by atoms with E-state index in [4.69, 9.17) is 0 Å². The molecule has 0 aromatic heterocycles. The summed E-state index contributed by atoms with van der Waals surface area (Å²) in [5, 5.41) is 4.95. The second-order valence-corrected chi connectivity index (χ2v) is 20.2. The highest BCUT2D eigenvalue weighted by molar-refractivity contribution is 6.05. The summed E-state index contributed by atoms with van der Waals surface area (Å²) in [5.41, 5.74) is 21.6. The standard InChI is InChI=1S/C65H51N/c1-63(2)37-38-64(3,4)60-39-45(33-36-58(60)63)53-40-54-52-25-11-14-29-57(52)65(55-27-12-9-23-50(55)51-24-10-13-28-56(51)65)59(54)41-62(53)66(61-30-16-20-43-18-6-8-22-49(43)61)46-34-31-44(32-35-46)48-26-15-19-42-17-5-7-21-47(42)48/h5-36,39-41H,37-38H2,1-4H3. The highest BCUT2D eigenvalue weighted by Gasteiger charge is 2.52. The predicted molar refractivity (Wildman–Crippen MR) is 279 cm³/mol. The Bertz CT molecular complexity index is 3550. The highest BCUT2D eigenvalue weighted by atomic mass is 15.1. The van der Waals surface area contributed by atoms with E-state index in [-0.39, 0.29) is 10.8 Å². The van der Waals surface area contributed by atoms with E-state index < -0.39 is 5.41 Å². The zero-order chi connectivity index (χ0) is 44.4. The van der Waals surface area contributed by atoms with Gasteiger partial charge in [0.05, 0.1) is 16.8 Å². The molecule has 0 fully saturated rings. The van der Waals surface area contributed by atoms with Crippen molar-refractivity contribution in [2.45, 2.75) is 56.8 Å². The lowest BCUT2D eigenvalue weighted by Crippen LogP contribution is -2.33. The Morgan fingerprint density at radius 3 is 1.48 bits per heavy atom. The minimum absolute atomic E-state index is 0.0540. The van der Waals surface area contributed by atoms with Gasteiger partial charge in [0, 0.05) is 16.6 Å². The van der Waals surface area contributed by atoms with Crippen molar-refractivity contribution in [3.8, 4) is 44.5 Å². The summed E-state index contributed by atoms with van der Waals surface area (Å²) < 4.78 is 0. The van der Waals surface area contributed by atoms with Gasteiger partial charge in [0.2, 0.25) is 0 Å². The third-order valence-electron chi connectivity index (χ3n) is 15.8. The molecule has 1 nitrogen and oxygen atoms in total. The molecule has 3 aliphatic rings. The molecule has 66 heavy (non-hydrogen) atoms. The molecule has 0 radical (unpaired) electrons. The Morgan fingerprint density at radius 2 is 0.818 bits per heavy atom. The Kier molecular flexibility index (Phi) is 8.41. The molecule has 0 saturated heterocycles. The summed E-state index contributed by atoms with van der Waals surface area (Å²) >= 11 is 0. The normalized spacial score (nSPS) is 15.5. The SMILES string of the molecule is CC1(C)CCC(C)(C)c2cc(-c3cc4c(cc3N(c3ccc(-c5cccc6ccccc56)cc3)c3cccc5ccccc35)C3(c5ccccc5-c5ccccc53)c3ccccc3-4)ccc21. The fraction of sp³-hybridized carbons (Fsp3) is 0.138. The van der Waals surface area contributed by atoms with Crippen LogP contribution < -0.4 is 4.90 Å². The van der Waals surface area contributed by atoms with Crippen molar-refractivity contribution >= 4 is 38.6 Å². The van der Waals surface area contributed by atoms with Gasteiger partial charge in [0.15, 0.2) is 0 Å². The molecule has 10 aromatic rings. The summed E-state index contributed by atoms with van der Waals surface area (Å²) in [7, 11) is 0. The first-order chi connectivity index (χ1) is 32.2. The van der Waals surface area contributed by atoms with Crippen molar-refractivity contribution in [1.29, 1.82) is 0 Å². The van der Waals surface area contributed by atoms with Crippen LogP contribution in [-0.4, -0.2) is 0 Å². The maximum absolute atomic E-state index is 2.60. The van der Waals surface area contributed by atoms with Crippen LogP contribution >= 0.6 is 0 Å². The first-order valence-corrected chi connectivity index (χ1v) is 23.7. The Labute approximate surface area is 388 Å². The maximum atomic E-state index is 2.60. The van der Waals surface area contributed by atoms with Gasteiger partial charge in [-0.2, -0.15) is 0 Å². The van der Waals surface area contributed by atoms with Gasteiger partial charge in [-0.05, 0) is 142 Å². The summed E-state index contributed by atoms with van der Waals surface area (Å²) in [6.07, 6.45) is 2.34. The lowest BCUT2D eigenvalue weighted by atomic mass is 9.63. The molecule has 0 aliphatic heterocycles. The van der Waals surface area contributed by atoms with Crippen LogP contribution in [0.3, 0.4) is 0 Å². The minimum atomic E-state index is -0.489. The zero-order valence-electron chi connectivity index (χ0n) is 38.1. The lowest BCUT2D eigenvalue weighted by Gasteiger charge is -2.42. The molecule has 0 saturated carbocycles. The summed E-state index contributed by atoms with van der Waals surface area (Å²) in [6, 6.07) is 80.5. The van der Waals surface area contributed by atoms with Gasteiger partial charge in [-0.15, -0.1) is 0 Å². The van der Waals surface area contributed by atoms with E-state index in [9.17, 15) is 0 Å². The predicted octanol–water partition coefficient (Wildman–Crippen LogP) is 17.5. The number of nitrogens with zero attached hydrogens (tertiary/aromatic N) is 1. The fourth-order valence-electron chi connectivity index (χ4n) is 12.4. The van der Waals surface area contributed by atoms with Gasteiger partial charge < -0.3 is 4.90 Å². The van der Waals surface area contributed by atoms with Gasteiger partial charge in [0.1, 0.15) is 0 Å². The molecule has 13 rings (SSSR count). The largest absolute Gasteiger partial charge is 0.309 e. The summed E-state index contributed by atoms with van der Waals surface area (Å²) in [6.45, 7) is 9.76. The van der Waals surface area contributed by atoms with E-state index in [2.05, 4.69) is 245 Å². The van der Waals surface area contributed by atoms with Crippen LogP contribution in [0.15, 0.2) is 212 Å². The third-order valence-corrected chi connectivity index (χ3v) is 15.8. The molecule has 0 amide bonds. The summed E-state index contributed by atoms with van der Waals surface area (Å²) in [5.74, 6) is 0. The van der Waals surface area contributed by atoms with Crippen LogP contribution in [0, 0.1) is 0 Å². The number of fused-ring (bicyclic) bond motifs is 13. The molecule has 3 aliphatic carbocycles. The van der Waals surface area contributed by atoms with Crippen molar-refractivity contribution in [3.63, 3.8) is 0 Å². The van der Waals surface area contributed by atoms with Crippen LogP contribution in [0.4, 0.5) is 17.1 Å². The minimum Gasteiger partial charge on any atom is -0.309 e. The zero-order valence-corrected chi connectivity index (χ0v) is 38.1. The number of hydrogen-bond donors (Lipinski definition) is 0. The van der Waals surface area contributed by atoms with Crippen LogP contribution in [0.5, 0.6) is 0 Å². The average Bonchev–Trinajstić information content (AvgIpc) is 3.82. The van der Waals surface area contributed by atoms with Crippen LogP contribution in [-0.2, 0) is 16.2 Å². The van der Waals surface area contributed by atoms with Gasteiger partial charge >= 0.3 is 0 Å². The number of hydrogen-bond acceptors (Lipinski definition) is 1. The molecule has 1 spiro atoms. The van der Waals surface area contributed by atoms with Gasteiger partial charge in [-0.1, -0.05) is 210 Å². The molecule has 0 heterocycles. The quantitative estimate of drug-likeness (QED) is 0.167. The molecule has 0 atom stereocenters. The van der Waals surface area contributed by atoms with Gasteiger partial charge in [-0.3, -0.25) is 0 Å². The molecule has 10 aromatic carbocycles. The monoisotopic (exact) mass is 845 g/mol. The van der Waals surface area contributed by atoms with Crippen LogP contribution in [0.1, 0.15) is 73.9 Å². The molecule has 1 heteroatoms. The molecular formula is C65H51N. The van der Waals surface area contributed by atoms with Crippen molar-refractivity contribution in [2.24, 2.45) is 0 Å². The average molecular weight is 846 g/mol. The Hall–Kier alpha value is -7.48. The van der Waals surface area contributed by atoms with Crippen molar-refractivity contribution < 1.29 is 0 Å². The lowest BCUT2D eigenvalue weighted by molar-refractivity contribution is 0.332. The molecule has 0 N–H and O–H groups in total. The van der Waals surface area contributed by atoms with E-state index in [1.54, 1.807) is 0 Å². The smallest absolute Gasteiger partial charge is 0.0726 e. The number of rotatable bonds is 5. The third kappa shape index (κ3) is 5.53. The topological polar surface area (TPSA) is 3.24 Å².